The van der Waals surface area contributed by atoms with Crippen LogP contribution in [0.3, 0.4) is 0 Å². The van der Waals surface area contributed by atoms with Gasteiger partial charge < -0.3 is 14.2 Å². The summed E-state index contributed by atoms with van der Waals surface area (Å²) in [5, 5.41) is 24.1. The van der Waals surface area contributed by atoms with Gasteiger partial charge in [0.2, 0.25) is 0 Å². The van der Waals surface area contributed by atoms with Crippen molar-refractivity contribution in [2.75, 3.05) is 0 Å². The van der Waals surface area contributed by atoms with Crippen LogP contribution in [0, 0.1) is 11.8 Å². The molecule has 5 unspecified atom stereocenters. The predicted octanol–water partition coefficient (Wildman–Crippen LogP) is 23.4. The Labute approximate surface area is 756 Å². The normalized spacial score (nSPS) is 17.2. The highest BCUT2D eigenvalue weighted by Gasteiger charge is 2.45. The topological polar surface area (TPSA) is 27.7 Å². The number of para-hydroxylation sites is 3. The highest BCUT2D eigenvalue weighted by molar-refractivity contribution is 7.81. The van der Waals surface area contributed by atoms with Gasteiger partial charge in [-0.25, -0.2) is 0 Å². The van der Waals surface area contributed by atoms with Crippen molar-refractivity contribution in [3.05, 3.63) is 529 Å². The Hall–Kier alpha value is -12.1. The summed E-state index contributed by atoms with van der Waals surface area (Å²) >= 11 is 0. The molecule has 0 aromatic heterocycles. The molecule has 616 valence electrons. The largest absolute Gasteiger partial charge is 0.484 e. The Morgan fingerprint density at radius 3 is 0.992 bits per heavy atom. The average Bonchev–Trinajstić information content (AvgIpc) is 1.10. The molecule has 4 aliphatic carbocycles. The smallest absolute Gasteiger partial charge is 0.151 e. The zero-order valence-electron chi connectivity index (χ0n) is 71.0. The van der Waals surface area contributed by atoms with Gasteiger partial charge in [0.05, 0.1) is 0 Å². The van der Waals surface area contributed by atoms with Crippen molar-refractivity contribution in [1.82, 2.24) is 0 Å². The molecule has 0 spiro atoms. The molecular formula is C118H96O3P6. The third-order valence-corrected chi connectivity index (χ3v) is 39.4. The summed E-state index contributed by atoms with van der Waals surface area (Å²) < 4.78 is 22.1. The van der Waals surface area contributed by atoms with Gasteiger partial charge in [-0.1, -0.05) is 485 Å². The van der Waals surface area contributed by atoms with Crippen LogP contribution < -0.4 is 93.8 Å². The number of rotatable bonds is 18. The maximum Gasteiger partial charge on any atom is 0.151 e. The van der Waals surface area contributed by atoms with Gasteiger partial charge in [0, 0.05) is 60.4 Å². The molecule has 0 saturated carbocycles. The van der Waals surface area contributed by atoms with Crippen LogP contribution in [-0.2, 0) is 6.42 Å². The fourth-order valence-electron chi connectivity index (χ4n) is 18.8. The summed E-state index contributed by atoms with van der Waals surface area (Å²) in [6.45, 7) is 4.52. The summed E-state index contributed by atoms with van der Waals surface area (Å²) in [4.78, 5) is 0. The third kappa shape index (κ3) is 17.5. The lowest BCUT2D eigenvalue weighted by molar-refractivity contribution is 0.202. The first-order valence-corrected chi connectivity index (χ1v) is 52.0. The molecule has 3 aliphatic heterocycles. The zero-order chi connectivity index (χ0) is 85.2. The van der Waals surface area contributed by atoms with Crippen molar-refractivity contribution < 1.29 is 14.2 Å². The van der Waals surface area contributed by atoms with Crippen LogP contribution in [0.4, 0.5) is 0 Å². The highest BCUT2D eigenvalue weighted by Crippen LogP contribution is 2.59. The summed E-state index contributed by atoms with van der Waals surface area (Å²) in [5.74, 6) is 3.66. The van der Waals surface area contributed by atoms with E-state index in [0.29, 0.717) is 5.92 Å². The first-order chi connectivity index (χ1) is 62.9. The molecule has 0 bridgehead atoms. The second kappa shape index (κ2) is 39.0. The SMILES string of the molecule is C1=CC2=C3C(=CC=C(P(c4ccccc4)c4ccccc4)C3Oc3c2cccc3P(c2ccccc2)c2ccccc2)C1.C1=CC2CCc3cccc(P(c4ccccc4)c4ccccc4)c3OC2C(P(c2ccccc2)c2ccccc2)=C1.CC(C)=C1c2cccc(P(c3ccccc3)c3ccccc3)c2OC2C(P(c3ccccc3)c3ccccc3)=CC=CC12. The van der Waals surface area contributed by atoms with Crippen LogP contribution >= 0.6 is 47.5 Å². The van der Waals surface area contributed by atoms with Crippen LogP contribution in [0.1, 0.15) is 43.4 Å². The van der Waals surface area contributed by atoms with Crippen LogP contribution in [-0.4, -0.2) is 18.3 Å². The summed E-state index contributed by atoms with van der Waals surface area (Å²) in [6, 6.07) is 152. The lowest BCUT2D eigenvalue weighted by Crippen LogP contribution is -2.38. The number of fused-ring (bicyclic) bond motifs is 6. The van der Waals surface area contributed by atoms with Gasteiger partial charge in [-0.05, 0) is 167 Å². The Morgan fingerprint density at radius 1 is 0.283 bits per heavy atom. The molecule has 127 heavy (non-hydrogen) atoms. The molecule has 0 radical (unpaired) electrons. The van der Waals surface area contributed by atoms with Gasteiger partial charge in [-0.3, -0.25) is 0 Å². The molecular weight excluding hydrogens is 1650 g/mol. The predicted molar refractivity (Wildman–Crippen MR) is 551 cm³/mol. The number of aryl methyl sites for hydroxylation is 1. The van der Waals surface area contributed by atoms with E-state index in [-0.39, 0.29) is 24.2 Å². The van der Waals surface area contributed by atoms with Gasteiger partial charge in [-0.15, -0.1) is 0 Å². The molecule has 22 rings (SSSR count). The Morgan fingerprint density at radius 2 is 0.606 bits per heavy atom. The molecule has 0 fully saturated rings. The molecule has 0 saturated heterocycles. The van der Waals surface area contributed by atoms with E-state index >= 15 is 0 Å². The maximum atomic E-state index is 7.40. The summed E-state index contributed by atoms with van der Waals surface area (Å²) in [5.41, 5.74) is 10.5. The minimum Gasteiger partial charge on any atom is -0.484 e. The Bertz CT molecular complexity index is 6330. The number of allylic oxidation sites excluding steroid dienone is 10. The van der Waals surface area contributed by atoms with Crippen molar-refractivity contribution in [1.29, 1.82) is 0 Å². The van der Waals surface area contributed by atoms with E-state index in [9.17, 15) is 0 Å². The van der Waals surface area contributed by atoms with Gasteiger partial charge in [0.15, 0.2) is 6.10 Å². The third-order valence-electron chi connectivity index (χ3n) is 24.4. The molecule has 9 heteroatoms. The van der Waals surface area contributed by atoms with E-state index in [1.165, 1.54) is 140 Å². The Balaban J connectivity index is 0.000000120. The first-order valence-electron chi connectivity index (χ1n) is 44.0. The number of ether oxygens (including phenoxy) is 3. The van der Waals surface area contributed by atoms with Crippen molar-refractivity contribution >= 4 is 138 Å². The molecule has 0 N–H and O–H groups in total. The van der Waals surface area contributed by atoms with E-state index < -0.39 is 47.5 Å². The van der Waals surface area contributed by atoms with E-state index in [1.54, 1.807) is 0 Å². The highest BCUT2D eigenvalue weighted by atomic mass is 31.1. The molecule has 15 aromatic carbocycles. The minimum atomic E-state index is -0.821. The van der Waals surface area contributed by atoms with Gasteiger partial charge in [0.25, 0.3) is 0 Å². The molecule has 15 aromatic rings. The van der Waals surface area contributed by atoms with Crippen LogP contribution in [0.2, 0.25) is 0 Å². The standard InChI is InChI=1S/C40H30OP2.C40H34OP2.C38H32OP2/c1-5-16-30(17-6-1)42(31-18-7-2-8-19-31)36-26-14-25-35-34-24-13-15-29-27-28-37(40(38(29)34)41-39(35)36)43(32-20-9-3-10-21-32)33-22-11-4-12-23-33;1-29(2)38-34-25-15-27-36(42(30-17-7-3-8-18-30)31-19-9-4-10-20-31)39(34)41-40-35(38)26-16-28-37(40)43(32-21-11-5-12-22-32)33-23-13-6-14-24-33;1-5-17-31(18-6-1)40(32-19-7-2-8-20-32)35-25-13-15-29-27-28-30-16-14-26-36(38(30)39-37(29)35)41(33-21-9-3-10-22-33)34-23-11-4-12-24-34/h1-14,16-28,40H,15H2;3-28,34,39H,1-2H3;1-26,29,37H,27-28H2. The maximum absolute atomic E-state index is 7.40. The lowest BCUT2D eigenvalue weighted by Gasteiger charge is -2.41. The van der Waals surface area contributed by atoms with E-state index in [4.69, 9.17) is 14.2 Å². The fraction of sp³-hybridized carbons (Fsp3) is 0.0847. The fourth-order valence-corrected chi connectivity index (χ4v) is 33.7. The molecule has 3 heterocycles. The second-order valence-corrected chi connectivity index (χ2v) is 45.7. The van der Waals surface area contributed by atoms with Gasteiger partial charge in [-0.2, -0.15) is 0 Å². The second-order valence-electron chi connectivity index (χ2n) is 32.5. The van der Waals surface area contributed by atoms with Gasteiger partial charge >= 0.3 is 0 Å². The quantitative estimate of drug-likeness (QED) is 0.0802. The van der Waals surface area contributed by atoms with Crippen LogP contribution in [0.25, 0.3) is 11.1 Å². The number of benzene rings is 15. The minimum absolute atomic E-state index is 0.00248. The summed E-state index contributed by atoms with van der Waals surface area (Å²) in [6.07, 6.45) is 26.1. The van der Waals surface area contributed by atoms with Crippen molar-refractivity contribution in [3.8, 4) is 17.2 Å². The molecule has 7 aliphatic rings. The van der Waals surface area contributed by atoms with Crippen LogP contribution in [0.15, 0.2) is 512 Å². The molecule has 3 nitrogen and oxygen atoms in total. The summed E-state index contributed by atoms with van der Waals surface area (Å²) in [7, 11) is -4.73. The van der Waals surface area contributed by atoms with E-state index in [1.807, 2.05) is 0 Å². The first kappa shape index (κ1) is 83.2. The lowest BCUT2D eigenvalue weighted by atomic mass is 9.80. The zero-order valence-corrected chi connectivity index (χ0v) is 76.4. The van der Waals surface area contributed by atoms with E-state index in [0.717, 1.165) is 36.5 Å². The Kier molecular flexibility index (Phi) is 25.6. The van der Waals surface area contributed by atoms with Gasteiger partial charge in [0.1, 0.15) is 29.5 Å². The van der Waals surface area contributed by atoms with Crippen LogP contribution in [0.5, 0.6) is 17.2 Å². The van der Waals surface area contributed by atoms with E-state index in [2.05, 4.69) is 493 Å². The monoisotopic (exact) mass is 1750 g/mol. The number of hydrogen-bond donors (Lipinski definition) is 0. The number of hydrogen-bond acceptors (Lipinski definition) is 3. The average molecular weight is 1750 g/mol. The molecule has 5 atom stereocenters. The van der Waals surface area contributed by atoms with Crippen molar-refractivity contribution in [2.24, 2.45) is 11.8 Å². The molecule has 0 amide bonds. The van der Waals surface area contributed by atoms with Crippen molar-refractivity contribution in [2.45, 2.75) is 51.4 Å². The van der Waals surface area contributed by atoms with Crippen molar-refractivity contribution in [3.63, 3.8) is 0 Å².